The third-order valence-corrected chi connectivity index (χ3v) is 5.69. The molecule has 7 heteroatoms. The second kappa shape index (κ2) is 8.07. The summed E-state index contributed by atoms with van der Waals surface area (Å²) in [5.74, 6) is -0.0249. The van der Waals surface area contributed by atoms with E-state index in [1.54, 1.807) is 10.9 Å². The van der Waals surface area contributed by atoms with Gasteiger partial charge < -0.3 is 9.64 Å². The molecule has 4 rings (SSSR count). The average Bonchev–Trinajstić information content (AvgIpc) is 3.10. The molecule has 2 heterocycles. The minimum atomic E-state index is -0.156. The van der Waals surface area contributed by atoms with Crippen molar-refractivity contribution in [2.45, 2.75) is 13.0 Å². The lowest BCUT2D eigenvalue weighted by molar-refractivity contribution is -0.0228. The SMILES string of the molecule is Cc1c(C(=O)N2CCOC(c3ccc(Cl)cc3)C2)cnn1-c1ccc(Br)cc1. The predicted octanol–water partition coefficient (Wildman–Crippen LogP) is 4.81. The third-order valence-electron chi connectivity index (χ3n) is 4.91. The summed E-state index contributed by atoms with van der Waals surface area (Å²) in [5.41, 5.74) is 3.37. The first-order valence-corrected chi connectivity index (χ1v) is 10.2. The second-order valence-corrected chi connectivity index (χ2v) is 8.05. The highest BCUT2D eigenvalue weighted by molar-refractivity contribution is 9.10. The molecule has 28 heavy (non-hydrogen) atoms. The topological polar surface area (TPSA) is 47.4 Å². The number of carbonyl (C=O) groups is 1. The summed E-state index contributed by atoms with van der Waals surface area (Å²) < 4.78 is 8.66. The molecule has 0 bridgehead atoms. The zero-order valence-corrected chi connectivity index (χ0v) is 17.7. The van der Waals surface area contributed by atoms with Crippen molar-refractivity contribution in [2.24, 2.45) is 0 Å². The molecule has 3 aromatic rings. The first-order chi connectivity index (χ1) is 13.5. The Balaban J connectivity index is 1.54. The molecule has 0 aliphatic carbocycles. The van der Waals surface area contributed by atoms with Crippen molar-refractivity contribution in [1.29, 1.82) is 0 Å². The molecule has 0 radical (unpaired) electrons. The van der Waals surface area contributed by atoms with Gasteiger partial charge in [0.05, 0.1) is 36.3 Å². The van der Waals surface area contributed by atoms with Crippen LogP contribution in [-0.2, 0) is 4.74 Å². The maximum Gasteiger partial charge on any atom is 0.257 e. The molecule has 144 valence electrons. The number of amides is 1. The van der Waals surface area contributed by atoms with Gasteiger partial charge in [0.15, 0.2) is 0 Å². The molecular weight excluding hydrogens is 442 g/mol. The molecule has 1 atom stereocenters. The second-order valence-electron chi connectivity index (χ2n) is 6.69. The van der Waals surface area contributed by atoms with E-state index in [1.807, 2.05) is 60.4 Å². The Labute approximate surface area is 177 Å². The maximum atomic E-state index is 13.1. The van der Waals surface area contributed by atoms with Gasteiger partial charge in [0.1, 0.15) is 6.10 Å². The Morgan fingerprint density at radius 1 is 1.18 bits per heavy atom. The first-order valence-electron chi connectivity index (χ1n) is 9.00. The van der Waals surface area contributed by atoms with Crippen LogP contribution in [0.4, 0.5) is 0 Å². The maximum absolute atomic E-state index is 13.1. The van der Waals surface area contributed by atoms with E-state index in [1.165, 1.54) is 0 Å². The van der Waals surface area contributed by atoms with Crippen molar-refractivity contribution in [3.05, 3.63) is 81.0 Å². The standard InChI is InChI=1S/C21H19BrClN3O2/c1-14-19(12-24-26(14)18-8-4-16(22)5-9-18)21(27)25-10-11-28-20(13-25)15-2-6-17(23)7-3-15/h2-9,12,20H,10-11,13H2,1H3. The highest BCUT2D eigenvalue weighted by atomic mass is 79.9. The third kappa shape index (κ3) is 3.85. The van der Waals surface area contributed by atoms with Crippen molar-refractivity contribution in [1.82, 2.24) is 14.7 Å². The van der Waals surface area contributed by atoms with Crippen molar-refractivity contribution < 1.29 is 9.53 Å². The van der Waals surface area contributed by atoms with Gasteiger partial charge in [-0.2, -0.15) is 5.10 Å². The van der Waals surface area contributed by atoms with E-state index in [4.69, 9.17) is 16.3 Å². The zero-order chi connectivity index (χ0) is 19.7. The van der Waals surface area contributed by atoms with Crippen LogP contribution in [0.1, 0.15) is 27.7 Å². The Morgan fingerprint density at radius 2 is 1.89 bits per heavy atom. The molecule has 1 amide bonds. The van der Waals surface area contributed by atoms with Gasteiger partial charge in [0, 0.05) is 16.0 Å². The number of halogens is 2. The van der Waals surface area contributed by atoms with Crippen LogP contribution in [0.3, 0.4) is 0 Å². The Morgan fingerprint density at radius 3 is 2.61 bits per heavy atom. The number of carbonyl (C=O) groups excluding carboxylic acids is 1. The number of aromatic nitrogens is 2. The van der Waals surface area contributed by atoms with Gasteiger partial charge >= 0.3 is 0 Å². The number of hydrogen-bond acceptors (Lipinski definition) is 3. The van der Waals surface area contributed by atoms with Crippen molar-refractivity contribution >= 4 is 33.4 Å². The molecule has 1 unspecified atom stereocenters. The predicted molar refractivity (Wildman–Crippen MR) is 112 cm³/mol. The van der Waals surface area contributed by atoms with Crippen LogP contribution in [0.2, 0.25) is 5.02 Å². The Kier molecular flexibility index (Phi) is 5.53. The Bertz CT molecular complexity index is 986. The monoisotopic (exact) mass is 459 g/mol. The summed E-state index contributed by atoms with van der Waals surface area (Å²) in [4.78, 5) is 15.0. The van der Waals surface area contributed by atoms with E-state index in [9.17, 15) is 4.79 Å². The number of hydrogen-bond donors (Lipinski definition) is 0. The number of ether oxygens (including phenoxy) is 1. The summed E-state index contributed by atoms with van der Waals surface area (Å²) in [7, 11) is 0. The summed E-state index contributed by atoms with van der Waals surface area (Å²) in [6.45, 7) is 3.48. The number of benzene rings is 2. The van der Waals surface area contributed by atoms with Crippen LogP contribution in [0, 0.1) is 6.92 Å². The van der Waals surface area contributed by atoms with Gasteiger partial charge in [-0.05, 0) is 48.9 Å². The quantitative estimate of drug-likeness (QED) is 0.563. The van der Waals surface area contributed by atoms with Crippen molar-refractivity contribution in [3.8, 4) is 5.69 Å². The van der Waals surface area contributed by atoms with E-state index in [0.717, 1.165) is 21.4 Å². The summed E-state index contributed by atoms with van der Waals surface area (Å²) in [6.07, 6.45) is 1.49. The molecule has 0 N–H and O–H groups in total. The molecule has 2 aromatic carbocycles. The normalized spacial score (nSPS) is 17.0. The van der Waals surface area contributed by atoms with E-state index >= 15 is 0 Å². The molecule has 1 saturated heterocycles. The number of rotatable bonds is 3. The van der Waals surface area contributed by atoms with Crippen molar-refractivity contribution in [2.75, 3.05) is 19.7 Å². The fourth-order valence-corrected chi connectivity index (χ4v) is 3.74. The summed E-state index contributed by atoms with van der Waals surface area (Å²) in [5, 5.41) is 5.11. The molecule has 1 aliphatic rings. The summed E-state index contributed by atoms with van der Waals surface area (Å²) in [6, 6.07) is 15.4. The molecule has 1 fully saturated rings. The van der Waals surface area contributed by atoms with Crippen LogP contribution in [0.25, 0.3) is 5.69 Å². The highest BCUT2D eigenvalue weighted by Crippen LogP contribution is 2.25. The number of nitrogens with zero attached hydrogens (tertiary/aromatic N) is 3. The van der Waals surface area contributed by atoms with Crippen LogP contribution in [0.15, 0.2) is 59.2 Å². The van der Waals surface area contributed by atoms with Gasteiger partial charge in [-0.15, -0.1) is 0 Å². The lowest BCUT2D eigenvalue weighted by Crippen LogP contribution is -2.42. The van der Waals surface area contributed by atoms with E-state index < -0.39 is 0 Å². The smallest absolute Gasteiger partial charge is 0.257 e. The van der Waals surface area contributed by atoms with Crippen LogP contribution < -0.4 is 0 Å². The first kappa shape index (κ1) is 19.2. The van der Waals surface area contributed by atoms with Crippen LogP contribution in [-0.4, -0.2) is 40.3 Å². The fourth-order valence-electron chi connectivity index (χ4n) is 3.35. The summed E-state index contributed by atoms with van der Waals surface area (Å²) >= 11 is 9.41. The number of morpholine rings is 1. The molecule has 5 nitrogen and oxygen atoms in total. The van der Waals surface area contributed by atoms with Gasteiger partial charge in [0.2, 0.25) is 0 Å². The van der Waals surface area contributed by atoms with Crippen LogP contribution in [0.5, 0.6) is 0 Å². The van der Waals surface area contributed by atoms with Crippen LogP contribution >= 0.6 is 27.5 Å². The van der Waals surface area contributed by atoms with E-state index in [-0.39, 0.29) is 12.0 Å². The van der Waals surface area contributed by atoms with Gasteiger partial charge in [-0.3, -0.25) is 4.79 Å². The fraction of sp³-hybridized carbons (Fsp3) is 0.238. The Hall–Kier alpha value is -2.15. The minimum Gasteiger partial charge on any atom is -0.370 e. The molecular formula is C21H19BrClN3O2. The average molecular weight is 461 g/mol. The van der Waals surface area contributed by atoms with Gasteiger partial charge in [-0.25, -0.2) is 4.68 Å². The zero-order valence-electron chi connectivity index (χ0n) is 15.3. The minimum absolute atomic E-state index is 0.0249. The van der Waals surface area contributed by atoms with Gasteiger partial charge in [-0.1, -0.05) is 39.7 Å². The molecule has 1 aliphatic heterocycles. The van der Waals surface area contributed by atoms with Gasteiger partial charge in [0.25, 0.3) is 5.91 Å². The lowest BCUT2D eigenvalue weighted by atomic mass is 10.1. The van der Waals surface area contributed by atoms with E-state index in [0.29, 0.717) is 30.3 Å². The highest BCUT2D eigenvalue weighted by Gasteiger charge is 2.28. The molecule has 0 spiro atoms. The molecule has 1 aromatic heterocycles. The largest absolute Gasteiger partial charge is 0.370 e. The van der Waals surface area contributed by atoms with Crippen molar-refractivity contribution in [3.63, 3.8) is 0 Å². The van der Waals surface area contributed by atoms with E-state index in [2.05, 4.69) is 21.0 Å². The molecule has 0 saturated carbocycles. The lowest BCUT2D eigenvalue weighted by Gasteiger charge is -2.33.